The second-order valence-electron chi connectivity index (χ2n) is 9.15. The Hall–Kier alpha value is -3.10. The minimum Gasteiger partial charge on any atom is -0.324 e. The van der Waals surface area contributed by atoms with Crippen LogP contribution in [0.15, 0.2) is 23.0 Å². The van der Waals surface area contributed by atoms with Crippen LogP contribution >= 0.6 is 0 Å². The first-order chi connectivity index (χ1) is 13.6. The Morgan fingerprint density at radius 1 is 1.17 bits per heavy atom. The maximum atomic E-state index is 13.1. The lowest BCUT2D eigenvalue weighted by molar-refractivity contribution is -0.136. The minimum atomic E-state index is -0.929. The number of rotatable bonds is 3. The highest BCUT2D eigenvalue weighted by atomic mass is 16.2. The molecular formula is C20H25N5O4. The summed E-state index contributed by atoms with van der Waals surface area (Å²) in [5.41, 5.74) is 0.312. The van der Waals surface area contributed by atoms with Crippen LogP contribution in [0.25, 0.3) is 11.0 Å². The average Bonchev–Trinajstić information content (AvgIpc) is 3.04. The number of nitrogens with one attached hydrogen (secondary N) is 4. The van der Waals surface area contributed by atoms with Gasteiger partial charge in [-0.3, -0.25) is 14.5 Å². The van der Waals surface area contributed by atoms with Gasteiger partial charge >= 0.3 is 11.7 Å². The Balaban J connectivity index is 1.48. The molecule has 2 fully saturated rings. The number of fused-ring (bicyclic) bond motifs is 1. The topological polar surface area (TPSA) is 127 Å². The van der Waals surface area contributed by atoms with Crippen LogP contribution in [-0.2, 0) is 9.59 Å². The smallest absolute Gasteiger partial charge is 0.324 e. The Kier molecular flexibility index (Phi) is 4.29. The van der Waals surface area contributed by atoms with E-state index >= 15 is 0 Å². The van der Waals surface area contributed by atoms with Gasteiger partial charge in [0.05, 0.1) is 11.0 Å². The summed E-state index contributed by atoms with van der Waals surface area (Å²) < 4.78 is 0. The Bertz CT molecular complexity index is 1070. The summed E-state index contributed by atoms with van der Waals surface area (Å²) in [6, 6.07) is 4.39. The summed E-state index contributed by atoms with van der Waals surface area (Å²) in [5, 5.41) is 5.54. The number of imidazole rings is 1. The van der Waals surface area contributed by atoms with Crippen molar-refractivity contribution in [1.82, 2.24) is 20.2 Å². The van der Waals surface area contributed by atoms with Gasteiger partial charge in [0, 0.05) is 5.69 Å². The molecule has 4 amide bonds. The number of hydrogen-bond donors (Lipinski definition) is 4. The monoisotopic (exact) mass is 399 g/mol. The summed E-state index contributed by atoms with van der Waals surface area (Å²) in [5.74, 6) is -0.513. The van der Waals surface area contributed by atoms with Gasteiger partial charge in [0.25, 0.3) is 5.91 Å². The Morgan fingerprint density at radius 3 is 2.62 bits per heavy atom. The lowest BCUT2D eigenvalue weighted by atomic mass is 9.64. The van der Waals surface area contributed by atoms with E-state index in [1.807, 2.05) is 0 Å². The van der Waals surface area contributed by atoms with E-state index < -0.39 is 17.5 Å². The number of aromatic nitrogens is 2. The Labute approximate surface area is 167 Å². The molecule has 9 heteroatoms. The van der Waals surface area contributed by atoms with Crippen molar-refractivity contribution >= 4 is 34.6 Å². The SMILES string of the molecule is C[C@H]1CC(C)(C)C[C@]2(C1)NC(=O)N(CC(=O)Nc1ccc3[nH]c(=O)[nH]c3c1)C2=O. The third kappa shape index (κ3) is 3.52. The summed E-state index contributed by atoms with van der Waals surface area (Å²) >= 11 is 0. The maximum Gasteiger partial charge on any atom is 0.325 e. The number of carbonyl (C=O) groups excluding carboxylic acids is 3. The van der Waals surface area contributed by atoms with Crippen LogP contribution in [0.2, 0.25) is 0 Å². The van der Waals surface area contributed by atoms with Gasteiger partial charge in [-0.1, -0.05) is 20.8 Å². The van der Waals surface area contributed by atoms with Gasteiger partial charge in [-0.15, -0.1) is 0 Å². The highest BCUT2D eigenvalue weighted by Gasteiger charge is 2.56. The summed E-state index contributed by atoms with van der Waals surface area (Å²) in [6.07, 6.45) is 2.13. The molecule has 0 radical (unpaired) electrons. The predicted octanol–water partition coefficient (Wildman–Crippen LogP) is 1.93. The van der Waals surface area contributed by atoms with Gasteiger partial charge in [-0.25, -0.2) is 9.59 Å². The van der Waals surface area contributed by atoms with E-state index in [2.05, 4.69) is 41.4 Å². The fourth-order valence-electron chi connectivity index (χ4n) is 5.10. The molecule has 2 atom stereocenters. The zero-order valence-electron chi connectivity index (χ0n) is 16.7. The van der Waals surface area contributed by atoms with Crippen molar-refractivity contribution in [3.05, 3.63) is 28.7 Å². The van der Waals surface area contributed by atoms with Gasteiger partial charge in [0.1, 0.15) is 12.1 Å². The average molecular weight is 399 g/mol. The molecule has 2 aromatic rings. The number of amides is 4. The molecule has 1 spiro atoms. The number of nitrogens with zero attached hydrogens (tertiary/aromatic N) is 1. The van der Waals surface area contributed by atoms with Gasteiger partial charge in [0.15, 0.2) is 0 Å². The molecule has 4 N–H and O–H groups in total. The third-order valence-electron chi connectivity index (χ3n) is 5.73. The number of hydrogen-bond acceptors (Lipinski definition) is 4. The number of imide groups is 1. The van der Waals surface area contributed by atoms with E-state index in [0.717, 1.165) is 11.3 Å². The molecule has 1 aromatic heterocycles. The first-order valence-corrected chi connectivity index (χ1v) is 9.73. The van der Waals surface area contributed by atoms with Crippen LogP contribution in [-0.4, -0.2) is 44.8 Å². The summed E-state index contributed by atoms with van der Waals surface area (Å²) in [6.45, 7) is 5.92. The van der Waals surface area contributed by atoms with E-state index in [-0.39, 0.29) is 23.6 Å². The van der Waals surface area contributed by atoms with Gasteiger partial charge in [-0.2, -0.15) is 0 Å². The van der Waals surface area contributed by atoms with Crippen LogP contribution in [0.5, 0.6) is 0 Å². The van der Waals surface area contributed by atoms with Crippen molar-refractivity contribution in [1.29, 1.82) is 0 Å². The van der Waals surface area contributed by atoms with Gasteiger partial charge in [-0.05, 0) is 48.8 Å². The number of H-pyrrole nitrogens is 2. The zero-order valence-corrected chi connectivity index (χ0v) is 16.7. The predicted molar refractivity (Wildman–Crippen MR) is 107 cm³/mol. The quantitative estimate of drug-likeness (QED) is 0.588. The maximum absolute atomic E-state index is 13.1. The lowest BCUT2D eigenvalue weighted by Crippen LogP contribution is -2.54. The molecule has 0 bridgehead atoms. The molecule has 1 saturated heterocycles. The molecule has 1 aliphatic carbocycles. The molecule has 1 aromatic carbocycles. The first-order valence-electron chi connectivity index (χ1n) is 9.73. The van der Waals surface area contributed by atoms with Crippen molar-refractivity contribution in [2.45, 2.75) is 45.6 Å². The second-order valence-corrected chi connectivity index (χ2v) is 9.15. The van der Waals surface area contributed by atoms with E-state index in [1.54, 1.807) is 18.2 Å². The molecule has 1 aliphatic heterocycles. The van der Waals surface area contributed by atoms with Crippen molar-refractivity contribution in [3.63, 3.8) is 0 Å². The molecule has 0 unspecified atom stereocenters. The number of carbonyl (C=O) groups is 3. The highest BCUT2D eigenvalue weighted by Crippen LogP contribution is 2.46. The van der Waals surface area contributed by atoms with E-state index in [4.69, 9.17) is 0 Å². The van der Waals surface area contributed by atoms with Crippen LogP contribution in [0.3, 0.4) is 0 Å². The molecule has 9 nitrogen and oxygen atoms in total. The van der Waals surface area contributed by atoms with Crippen molar-refractivity contribution in [3.8, 4) is 0 Å². The van der Waals surface area contributed by atoms with Crippen LogP contribution in [0.4, 0.5) is 10.5 Å². The van der Waals surface area contributed by atoms with Crippen LogP contribution in [0.1, 0.15) is 40.0 Å². The summed E-state index contributed by atoms with van der Waals surface area (Å²) in [7, 11) is 0. The molecule has 2 aliphatic rings. The molecular weight excluding hydrogens is 374 g/mol. The molecule has 1 saturated carbocycles. The van der Waals surface area contributed by atoms with Gasteiger partial charge < -0.3 is 20.6 Å². The van der Waals surface area contributed by atoms with Crippen molar-refractivity contribution in [2.75, 3.05) is 11.9 Å². The minimum absolute atomic E-state index is 0.0677. The highest BCUT2D eigenvalue weighted by molar-refractivity contribution is 6.10. The van der Waals surface area contributed by atoms with Crippen molar-refractivity contribution in [2.24, 2.45) is 11.3 Å². The number of anilines is 1. The zero-order chi connectivity index (χ0) is 21.0. The third-order valence-corrected chi connectivity index (χ3v) is 5.73. The second kappa shape index (κ2) is 6.47. The van der Waals surface area contributed by atoms with E-state index in [1.165, 1.54) is 0 Å². The summed E-state index contributed by atoms with van der Waals surface area (Å²) in [4.78, 5) is 55.7. The molecule has 154 valence electrons. The largest absolute Gasteiger partial charge is 0.325 e. The molecule has 29 heavy (non-hydrogen) atoms. The van der Waals surface area contributed by atoms with Crippen LogP contribution < -0.4 is 16.3 Å². The lowest BCUT2D eigenvalue weighted by Gasteiger charge is -2.43. The van der Waals surface area contributed by atoms with Gasteiger partial charge in [0.2, 0.25) is 5.91 Å². The number of urea groups is 1. The van der Waals surface area contributed by atoms with E-state index in [0.29, 0.717) is 35.5 Å². The Morgan fingerprint density at radius 2 is 1.90 bits per heavy atom. The van der Waals surface area contributed by atoms with Crippen LogP contribution in [0, 0.1) is 11.3 Å². The fourth-order valence-corrected chi connectivity index (χ4v) is 5.10. The number of aromatic amines is 2. The molecule has 4 rings (SSSR count). The van der Waals surface area contributed by atoms with E-state index in [9.17, 15) is 19.2 Å². The normalized spacial score (nSPS) is 26.2. The number of benzene rings is 1. The standard InChI is InChI=1S/C20H25N5O4/c1-11-7-19(2,3)10-20(8-11)16(27)25(18(29)24-20)9-15(26)21-12-4-5-13-14(6-12)23-17(28)22-13/h4-6,11H,7-10H2,1-3H3,(H,21,26)(H,24,29)(H2,22,23,28)/t11-,20-/m0/s1. The fraction of sp³-hybridized carbons (Fsp3) is 0.500. The molecule has 2 heterocycles. The first kappa shape index (κ1) is 19.2. The van der Waals surface area contributed by atoms with Crippen molar-refractivity contribution < 1.29 is 14.4 Å².